The van der Waals surface area contributed by atoms with Crippen LogP contribution in [0.1, 0.15) is 32.3 Å². The van der Waals surface area contributed by atoms with E-state index < -0.39 is 36.2 Å². The number of carbonyl (C=O) groups is 5. The highest BCUT2D eigenvalue weighted by atomic mass is 16.5. The third-order valence-corrected chi connectivity index (χ3v) is 3.49. The molecule has 4 amide bonds. The molecule has 1 atom stereocenters. The summed E-state index contributed by atoms with van der Waals surface area (Å²) in [5.41, 5.74) is 6.28. The molecule has 0 aliphatic rings. The first-order valence-electron chi connectivity index (χ1n) is 8.58. The van der Waals surface area contributed by atoms with Gasteiger partial charge in [-0.1, -0.05) is 19.1 Å². The van der Waals surface area contributed by atoms with Gasteiger partial charge < -0.3 is 26.4 Å². The third-order valence-electron chi connectivity index (χ3n) is 3.49. The van der Waals surface area contributed by atoms with Crippen LogP contribution < -0.4 is 21.7 Å². The van der Waals surface area contributed by atoms with E-state index in [1.165, 1.54) is 6.92 Å². The summed E-state index contributed by atoms with van der Waals surface area (Å²) >= 11 is 0. The molecule has 28 heavy (non-hydrogen) atoms. The SMILES string of the molecule is CCC(=O)NCC(=O)NC(CC(N)=O)C(=O)Nc1ccc(COC(C)=O)cc1. The zero-order valence-electron chi connectivity index (χ0n) is 15.7. The fraction of sp³-hybridized carbons (Fsp3) is 0.389. The quantitative estimate of drug-likeness (QED) is 0.396. The van der Waals surface area contributed by atoms with E-state index in [2.05, 4.69) is 16.0 Å². The smallest absolute Gasteiger partial charge is 0.302 e. The minimum Gasteiger partial charge on any atom is -0.461 e. The van der Waals surface area contributed by atoms with Crippen LogP contribution in [0.25, 0.3) is 0 Å². The van der Waals surface area contributed by atoms with Crippen molar-refractivity contribution in [3.8, 4) is 0 Å². The van der Waals surface area contributed by atoms with Gasteiger partial charge in [0.15, 0.2) is 0 Å². The van der Waals surface area contributed by atoms with Crippen LogP contribution in [0.4, 0.5) is 5.69 Å². The molecule has 0 fully saturated rings. The molecule has 1 unspecified atom stereocenters. The Morgan fingerprint density at radius 2 is 1.71 bits per heavy atom. The van der Waals surface area contributed by atoms with Gasteiger partial charge in [0.2, 0.25) is 23.6 Å². The van der Waals surface area contributed by atoms with E-state index in [-0.39, 0.29) is 25.5 Å². The summed E-state index contributed by atoms with van der Waals surface area (Å²) in [5.74, 6) is -2.76. The van der Waals surface area contributed by atoms with Gasteiger partial charge in [0.1, 0.15) is 12.6 Å². The van der Waals surface area contributed by atoms with Crippen LogP contribution in [0.2, 0.25) is 0 Å². The standard InChI is InChI=1S/C18H24N4O6/c1-3-16(25)20-9-17(26)22-14(8-15(19)24)18(27)21-13-6-4-12(5-7-13)10-28-11(2)23/h4-7,14H,3,8-10H2,1-2H3,(H2,19,24)(H,20,25)(H,21,27)(H,22,26). The summed E-state index contributed by atoms with van der Waals surface area (Å²) in [5, 5.41) is 7.30. The lowest BCUT2D eigenvalue weighted by atomic mass is 10.1. The van der Waals surface area contributed by atoms with E-state index in [4.69, 9.17) is 10.5 Å². The highest BCUT2D eigenvalue weighted by Crippen LogP contribution is 2.11. The second-order valence-electron chi connectivity index (χ2n) is 5.89. The Labute approximate surface area is 162 Å². The fourth-order valence-corrected chi connectivity index (χ4v) is 2.06. The van der Waals surface area contributed by atoms with Crippen molar-refractivity contribution in [3.05, 3.63) is 29.8 Å². The van der Waals surface area contributed by atoms with Gasteiger partial charge >= 0.3 is 5.97 Å². The van der Waals surface area contributed by atoms with Gasteiger partial charge in [-0.3, -0.25) is 24.0 Å². The Kier molecular flexibility index (Phi) is 9.14. The number of rotatable bonds is 10. The molecular formula is C18H24N4O6. The predicted octanol–water partition coefficient (Wildman–Crippen LogP) is -0.425. The van der Waals surface area contributed by atoms with E-state index in [0.29, 0.717) is 5.69 Å². The summed E-state index contributed by atoms with van der Waals surface area (Å²) < 4.78 is 4.87. The number of hydrogen-bond acceptors (Lipinski definition) is 6. The topological polar surface area (TPSA) is 157 Å². The monoisotopic (exact) mass is 392 g/mol. The number of carbonyl (C=O) groups excluding carboxylic acids is 5. The van der Waals surface area contributed by atoms with Gasteiger partial charge in [-0.25, -0.2) is 0 Å². The largest absolute Gasteiger partial charge is 0.461 e. The summed E-state index contributed by atoms with van der Waals surface area (Å²) in [6.45, 7) is 2.72. The van der Waals surface area contributed by atoms with Crippen molar-refractivity contribution < 1.29 is 28.7 Å². The molecule has 10 heteroatoms. The van der Waals surface area contributed by atoms with Crippen LogP contribution in [0.5, 0.6) is 0 Å². The lowest BCUT2D eigenvalue weighted by Gasteiger charge is -2.17. The highest BCUT2D eigenvalue weighted by molar-refractivity contribution is 6.00. The summed E-state index contributed by atoms with van der Waals surface area (Å²) in [6.07, 6.45) is -0.185. The van der Waals surface area contributed by atoms with Gasteiger partial charge in [0.25, 0.3) is 0 Å². The van der Waals surface area contributed by atoms with E-state index in [1.807, 2.05) is 0 Å². The Hall–Kier alpha value is -3.43. The molecular weight excluding hydrogens is 368 g/mol. The second-order valence-corrected chi connectivity index (χ2v) is 5.89. The Bertz CT molecular complexity index is 732. The van der Waals surface area contributed by atoms with Crippen LogP contribution in [-0.4, -0.2) is 42.2 Å². The maximum Gasteiger partial charge on any atom is 0.302 e. The highest BCUT2D eigenvalue weighted by Gasteiger charge is 2.23. The lowest BCUT2D eigenvalue weighted by Crippen LogP contribution is -2.49. The molecule has 0 heterocycles. The fourth-order valence-electron chi connectivity index (χ4n) is 2.06. The number of esters is 1. The molecule has 5 N–H and O–H groups in total. The van der Waals surface area contributed by atoms with Crippen molar-refractivity contribution in [1.29, 1.82) is 0 Å². The lowest BCUT2D eigenvalue weighted by molar-refractivity contribution is -0.142. The van der Waals surface area contributed by atoms with Crippen LogP contribution in [-0.2, 0) is 35.3 Å². The van der Waals surface area contributed by atoms with Crippen molar-refractivity contribution in [2.24, 2.45) is 5.73 Å². The molecule has 0 aliphatic heterocycles. The average Bonchev–Trinajstić information content (AvgIpc) is 2.64. The number of primary amides is 1. The first-order chi connectivity index (χ1) is 13.2. The van der Waals surface area contributed by atoms with Crippen molar-refractivity contribution >= 4 is 35.3 Å². The molecule has 0 spiro atoms. The normalized spacial score (nSPS) is 11.1. The number of benzene rings is 1. The molecule has 0 saturated carbocycles. The maximum absolute atomic E-state index is 12.4. The Balaban J connectivity index is 2.68. The molecule has 0 aromatic heterocycles. The third kappa shape index (κ3) is 8.79. The Morgan fingerprint density at radius 3 is 2.25 bits per heavy atom. The molecule has 0 bridgehead atoms. The van der Waals surface area contributed by atoms with Crippen LogP contribution >= 0.6 is 0 Å². The zero-order chi connectivity index (χ0) is 21.1. The van der Waals surface area contributed by atoms with Gasteiger partial charge in [0, 0.05) is 19.0 Å². The van der Waals surface area contributed by atoms with Crippen LogP contribution in [0, 0.1) is 0 Å². The molecule has 1 aromatic carbocycles. The van der Waals surface area contributed by atoms with E-state index >= 15 is 0 Å². The average molecular weight is 392 g/mol. The molecule has 1 rings (SSSR count). The predicted molar refractivity (Wildman–Crippen MR) is 99.6 cm³/mol. The number of nitrogens with two attached hydrogens (primary N) is 1. The summed E-state index contributed by atoms with van der Waals surface area (Å²) in [6, 6.07) is 5.29. The van der Waals surface area contributed by atoms with E-state index in [0.717, 1.165) is 5.56 Å². The van der Waals surface area contributed by atoms with Crippen molar-refractivity contribution in [2.75, 3.05) is 11.9 Å². The number of hydrogen-bond donors (Lipinski definition) is 4. The van der Waals surface area contributed by atoms with Crippen molar-refractivity contribution in [1.82, 2.24) is 10.6 Å². The van der Waals surface area contributed by atoms with Gasteiger partial charge in [-0.15, -0.1) is 0 Å². The summed E-state index contributed by atoms with van der Waals surface area (Å²) in [7, 11) is 0. The van der Waals surface area contributed by atoms with Gasteiger partial charge in [-0.2, -0.15) is 0 Å². The van der Waals surface area contributed by atoms with Gasteiger partial charge in [-0.05, 0) is 17.7 Å². The first-order valence-corrected chi connectivity index (χ1v) is 8.58. The molecule has 152 valence electrons. The molecule has 0 aliphatic carbocycles. The number of amides is 4. The van der Waals surface area contributed by atoms with Gasteiger partial charge in [0.05, 0.1) is 13.0 Å². The number of nitrogens with one attached hydrogen (secondary N) is 3. The van der Waals surface area contributed by atoms with Crippen LogP contribution in [0.15, 0.2) is 24.3 Å². The summed E-state index contributed by atoms with van der Waals surface area (Å²) in [4.78, 5) is 57.5. The van der Waals surface area contributed by atoms with E-state index in [9.17, 15) is 24.0 Å². The first kappa shape index (κ1) is 22.6. The molecule has 10 nitrogen and oxygen atoms in total. The molecule has 0 saturated heterocycles. The van der Waals surface area contributed by atoms with Crippen molar-refractivity contribution in [3.63, 3.8) is 0 Å². The molecule has 0 radical (unpaired) electrons. The number of ether oxygens (including phenoxy) is 1. The molecule has 1 aromatic rings. The van der Waals surface area contributed by atoms with Crippen LogP contribution in [0.3, 0.4) is 0 Å². The van der Waals surface area contributed by atoms with E-state index in [1.54, 1.807) is 31.2 Å². The second kappa shape index (κ2) is 11.3. The van der Waals surface area contributed by atoms with Crippen molar-refractivity contribution in [2.45, 2.75) is 39.3 Å². The maximum atomic E-state index is 12.4. The number of anilines is 1. The Morgan fingerprint density at radius 1 is 1.07 bits per heavy atom. The minimum atomic E-state index is -1.19. The minimum absolute atomic E-state index is 0.105. The zero-order valence-corrected chi connectivity index (χ0v) is 15.7.